The number of hydrogen-bond donors (Lipinski definition) is 1. The summed E-state index contributed by atoms with van der Waals surface area (Å²) in [5.74, 6) is 0.274. The first-order valence-electron chi connectivity index (χ1n) is 8.47. The highest BCUT2D eigenvalue weighted by Crippen LogP contribution is 2.31. The lowest BCUT2D eigenvalue weighted by Gasteiger charge is -2.25. The maximum Gasteiger partial charge on any atom is 0.240 e. The molecule has 0 atom stereocenters. The highest BCUT2D eigenvalue weighted by atomic mass is 32.2. The highest BCUT2D eigenvalue weighted by molar-refractivity contribution is 7.89. The van der Waals surface area contributed by atoms with Crippen LogP contribution in [0, 0.1) is 5.82 Å². The summed E-state index contributed by atoms with van der Waals surface area (Å²) in [6.45, 7) is 4.03. The topological polar surface area (TPSA) is 75.2 Å². The summed E-state index contributed by atoms with van der Waals surface area (Å²) in [7, 11) is -0.327. The van der Waals surface area contributed by atoms with Crippen LogP contribution in [0.25, 0.3) is 22.3 Å². The van der Waals surface area contributed by atoms with E-state index < -0.39 is 10.0 Å². The molecule has 0 fully saturated rings. The number of anilines is 1. The van der Waals surface area contributed by atoms with Gasteiger partial charge in [0.2, 0.25) is 10.0 Å². The Balaban J connectivity index is 2.26. The molecule has 0 aliphatic heterocycles. The Morgan fingerprint density at radius 1 is 1.04 bits per heavy atom. The molecule has 6 nitrogen and oxygen atoms in total. The monoisotopic (exact) mass is 388 g/mol. The molecule has 0 amide bonds. The van der Waals surface area contributed by atoms with Gasteiger partial charge in [0.05, 0.1) is 15.9 Å². The number of hydrogen-bond acceptors (Lipinski definition) is 5. The van der Waals surface area contributed by atoms with Gasteiger partial charge in [0.15, 0.2) is 5.82 Å². The van der Waals surface area contributed by atoms with E-state index in [0.29, 0.717) is 22.5 Å². The van der Waals surface area contributed by atoms with Gasteiger partial charge in [-0.05, 0) is 63.4 Å². The van der Waals surface area contributed by atoms with Crippen LogP contribution in [0.15, 0.2) is 47.4 Å². The number of aromatic nitrogens is 2. The molecule has 0 radical (unpaired) electrons. The quantitative estimate of drug-likeness (QED) is 0.727. The molecule has 1 heterocycles. The number of fused-ring (bicyclic) bond motifs is 1. The number of benzene rings is 2. The van der Waals surface area contributed by atoms with E-state index in [-0.39, 0.29) is 16.8 Å². The molecule has 0 saturated carbocycles. The van der Waals surface area contributed by atoms with E-state index >= 15 is 0 Å². The molecule has 3 aromatic rings. The number of halogens is 1. The molecule has 1 N–H and O–H groups in total. The van der Waals surface area contributed by atoms with Gasteiger partial charge in [-0.3, -0.25) is 0 Å². The van der Waals surface area contributed by atoms with Crippen molar-refractivity contribution in [3.8, 4) is 11.3 Å². The molecule has 8 heteroatoms. The third kappa shape index (κ3) is 3.77. The summed E-state index contributed by atoms with van der Waals surface area (Å²) in [4.78, 5) is 11.4. The lowest BCUT2D eigenvalue weighted by Crippen LogP contribution is -2.27. The SMILES string of the molecule is CNS(=O)(=O)c1ccc2nc(-c3ccc(F)cc3)c(N(C)C(C)C)nc2c1. The van der Waals surface area contributed by atoms with Crippen LogP contribution in [-0.4, -0.2) is 38.5 Å². The van der Waals surface area contributed by atoms with Crippen LogP contribution in [0.5, 0.6) is 0 Å². The van der Waals surface area contributed by atoms with Gasteiger partial charge >= 0.3 is 0 Å². The fraction of sp³-hybridized carbons (Fsp3) is 0.263. The van der Waals surface area contributed by atoms with E-state index in [1.807, 2.05) is 25.8 Å². The highest BCUT2D eigenvalue weighted by Gasteiger charge is 2.19. The Labute approximate surface area is 158 Å². The van der Waals surface area contributed by atoms with Crippen LogP contribution in [0.4, 0.5) is 10.2 Å². The molecule has 1 aromatic heterocycles. The van der Waals surface area contributed by atoms with E-state index in [2.05, 4.69) is 14.7 Å². The molecule has 0 saturated heterocycles. The van der Waals surface area contributed by atoms with E-state index in [0.717, 1.165) is 5.56 Å². The summed E-state index contributed by atoms with van der Waals surface area (Å²) in [5, 5.41) is 0. The number of nitrogens with zero attached hydrogens (tertiary/aromatic N) is 3. The third-order valence-corrected chi connectivity index (χ3v) is 5.83. The molecule has 0 unspecified atom stereocenters. The maximum atomic E-state index is 13.3. The lowest BCUT2D eigenvalue weighted by atomic mass is 10.1. The predicted octanol–water partition coefficient (Wildman–Crippen LogP) is 3.19. The van der Waals surface area contributed by atoms with Crippen molar-refractivity contribution in [1.82, 2.24) is 14.7 Å². The Kier molecular flexibility index (Phi) is 5.12. The van der Waals surface area contributed by atoms with E-state index in [1.165, 1.54) is 31.3 Å². The van der Waals surface area contributed by atoms with Crippen LogP contribution in [0.1, 0.15) is 13.8 Å². The first-order valence-corrected chi connectivity index (χ1v) is 9.95. The van der Waals surface area contributed by atoms with Crippen LogP contribution >= 0.6 is 0 Å². The van der Waals surface area contributed by atoms with Crippen LogP contribution in [0.2, 0.25) is 0 Å². The number of rotatable bonds is 5. The van der Waals surface area contributed by atoms with Gasteiger partial charge in [-0.25, -0.2) is 27.5 Å². The molecule has 27 heavy (non-hydrogen) atoms. The number of nitrogens with one attached hydrogen (secondary N) is 1. The summed E-state index contributed by atoms with van der Waals surface area (Å²) in [6.07, 6.45) is 0. The van der Waals surface area contributed by atoms with Gasteiger partial charge < -0.3 is 4.90 Å². The van der Waals surface area contributed by atoms with Crippen LogP contribution < -0.4 is 9.62 Å². The zero-order valence-electron chi connectivity index (χ0n) is 15.6. The van der Waals surface area contributed by atoms with Crippen molar-refractivity contribution in [3.05, 3.63) is 48.3 Å². The Hall–Kier alpha value is -2.58. The molecule has 0 bridgehead atoms. The van der Waals surface area contributed by atoms with Crippen LogP contribution in [0.3, 0.4) is 0 Å². The normalized spacial score (nSPS) is 11.9. The van der Waals surface area contributed by atoms with Gasteiger partial charge in [0.1, 0.15) is 11.5 Å². The molecule has 0 spiro atoms. The van der Waals surface area contributed by atoms with Gasteiger partial charge in [0.25, 0.3) is 0 Å². The van der Waals surface area contributed by atoms with E-state index in [1.54, 1.807) is 18.2 Å². The van der Waals surface area contributed by atoms with E-state index in [9.17, 15) is 12.8 Å². The van der Waals surface area contributed by atoms with Gasteiger partial charge in [-0.15, -0.1) is 0 Å². The van der Waals surface area contributed by atoms with Crippen molar-refractivity contribution >= 4 is 26.9 Å². The average Bonchev–Trinajstić information content (AvgIpc) is 2.66. The summed E-state index contributed by atoms with van der Waals surface area (Å²) >= 11 is 0. The summed E-state index contributed by atoms with van der Waals surface area (Å²) < 4.78 is 39.8. The summed E-state index contributed by atoms with van der Waals surface area (Å²) in [5.41, 5.74) is 2.38. The molecule has 0 aliphatic rings. The zero-order valence-corrected chi connectivity index (χ0v) is 16.4. The molecule has 2 aromatic carbocycles. The molecule has 0 aliphatic carbocycles. The largest absolute Gasteiger partial charge is 0.355 e. The third-order valence-electron chi connectivity index (χ3n) is 4.42. The lowest BCUT2D eigenvalue weighted by molar-refractivity contribution is 0.588. The second-order valence-corrected chi connectivity index (χ2v) is 8.35. The van der Waals surface area contributed by atoms with E-state index in [4.69, 9.17) is 0 Å². The van der Waals surface area contributed by atoms with Crippen molar-refractivity contribution in [2.75, 3.05) is 19.0 Å². The predicted molar refractivity (Wildman–Crippen MR) is 105 cm³/mol. The van der Waals surface area contributed by atoms with Crippen LogP contribution in [-0.2, 0) is 10.0 Å². The Morgan fingerprint density at radius 3 is 2.30 bits per heavy atom. The minimum Gasteiger partial charge on any atom is -0.355 e. The minimum absolute atomic E-state index is 0.125. The second kappa shape index (κ2) is 7.21. The zero-order chi connectivity index (χ0) is 19.8. The summed E-state index contributed by atoms with van der Waals surface area (Å²) in [6, 6.07) is 10.8. The molecule has 3 rings (SSSR count). The maximum absolute atomic E-state index is 13.3. The minimum atomic E-state index is -3.58. The Morgan fingerprint density at radius 2 is 1.70 bits per heavy atom. The molecular formula is C19H21FN4O2S. The first-order chi connectivity index (χ1) is 12.7. The smallest absolute Gasteiger partial charge is 0.240 e. The van der Waals surface area contributed by atoms with Gasteiger partial charge in [0, 0.05) is 18.7 Å². The van der Waals surface area contributed by atoms with Crippen molar-refractivity contribution in [3.63, 3.8) is 0 Å². The number of sulfonamides is 1. The van der Waals surface area contributed by atoms with Crippen molar-refractivity contribution in [2.24, 2.45) is 0 Å². The van der Waals surface area contributed by atoms with Crippen molar-refractivity contribution in [2.45, 2.75) is 24.8 Å². The average molecular weight is 388 g/mol. The van der Waals surface area contributed by atoms with Gasteiger partial charge in [-0.1, -0.05) is 0 Å². The Bertz CT molecular complexity index is 1080. The second-order valence-electron chi connectivity index (χ2n) is 6.47. The fourth-order valence-electron chi connectivity index (χ4n) is 2.60. The fourth-order valence-corrected chi connectivity index (χ4v) is 3.35. The van der Waals surface area contributed by atoms with Crippen molar-refractivity contribution in [1.29, 1.82) is 0 Å². The first kappa shape index (κ1) is 19.2. The van der Waals surface area contributed by atoms with Gasteiger partial charge in [-0.2, -0.15) is 0 Å². The molecule has 142 valence electrons. The molecular weight excluding hydrogens is 367 g/mol. The standard InChI is InChI=1S/C19H21FN4O2S/c1-12(2)24(4)19-18(13-5-7-14(20)8-6-13)22-16-10-9-15(11-17(16)23-19)27(25,26)21-3/h5-12,21H,1-4H3. The van der Waals surface area contributed by atoms with Crippen molar-refractivity contribution < 1.29 is 12.8 Å².